The first-order valence-electron chi connectivity index (χ1n) is 7.31. The summed E-state index contributed by atoms with van der Waals surface area (Å²) in [5, 5.41) is 8.57. The number of rotatable bonds is 3. The Morgan fingerprint density at radius 3 is 2.67 bits per heavy atom. The zero-order valence-electron chi connectivity index (χ0n) is 12.8. The predicted molar refractivity (Wildman–Crippen MR) is 91.4 cm³/mol. The summed E-state index contributed by atoms with van der Waals surface area (Å²) >= 11 is 6.24. The quantitative estimate of drug-likeness (QED) is 0.801. The van der Waals surface area contributed by atoms with Gasteiger partial charge in [0.1, 0.15) is 5.82 Å². The molecule has 0 fully saturated rings. The molecule has 0 spiro atoms. The second kappa shape index (κ2) is 6.72. The van der Waals surface area contributed by atoms with Crippen molar-refractivity contribution in [1.29, 1.82) is 0 Å². The SMILES string of the molecule is CC1=C(C(=O)Nc2ccccn2)C(c2ccccc2Cl)NC(=O)N1. The first-order valence-corrected chi connectivity index (χ1v) is 7.69. The zero-order chi connectivity index (χ0) is 17.1. The van der Waals surface area contributed by atoms with Gasteiger partial charge in [0, 0.05) is 16.9 Å². The molecule has 3 amide bonds. The minimum Gasteiger partial charge on any atom is -0.327 e. The topological polar surface area (TPSA) is 83.1 Å². The third kappa shape index (κ3) is 3.23. The molecule has 1 aromatic carbocycles. The van der Waals surface area contributed by atoms with E-state index >= 15 is 0 Å². The van der Waals surface area contributed by atoms with E-state index in [2.05, 4.69) is 20.9 Å². The lowest BCUT2D eigenvalue weighted by atomic mass is 9.95. The standard InChI is InChI=1S/C17H15ClN4O2/c1-10-14(16(23)21-13-8-4-5-9-19-13)15(22-17(24)20-10)11-6-2-3-7-12(11)18/h2-9,15H,1H3,(H,19,21,23)(H2,20,22,24). The summed E-state index contributed by atoms with van der Waals surface area (Å²) in [7, 11) is 0. The number of benzene rings is 1. The van der Waals surface area contributed by atoms with Gasteiger partial charge in [0.15, 0.2) is 0 Å². The summed E-state index contributed by atoms with van der Waals surface area (Å²) < 4.78 is 0. The van der Waals surface area contributed by atoms with Gasteiger partial charge in [-0.15, -0.1) is 0 Å². The Morgan fingerprint density at radius 2 is 1.96 bits per heavy atom. The maximum atomic E-state index is 12.7. The van der Waals surface area contributed by atoms with Crippen LogP contribution in [0.2, 0.25) is 5.02 Å². The normalized spacial score (nSPS) is 17.1. The van der Waals surface area contributed by atoms with Gasteiger partial charge in [0.2, 0.25) is 0 Å². The number of hydrogen-bond acceptors (Lipinski definition) is 3. The summed E-state index contributed by atoms with van der Waals surface area (Å²) in [4.78, 5) is 28.7. The van der Waals surface area contributed by atoms with Crippen LogP contribution in [-0.4, -0.2) is 16.9 Å². The van der Waals surface area contributed by atoms with Crippen molar-refractivity contribution < 1.29 is 9.59 Å². The molecule has 0 radical (unpaired) electrons. The van der Waals surface area contributed by atoms with Gasteiger partial charge in [-0.2, -0.15) is 0 Å². The van der Waals surface area contributed by atoms with Crippen LogP contribution in [0, 0.1) is 0 Å². The Morgan fingerprint density at radius 1 is 1.21 bits per heavy atom. The molecule has 122 valence electrons. The van der Waals surface area contributed by atoms with E-state index < -0.39 is 6.04 Å². The van der Waals surface area contributed by atoms with Crippen molar-refractivity contribution in [3.8, 4) is 0 Å². The summed E-state index contributed by atoms with van der Waals surface area (Å²) in [5.41, 5.74) is 1.50. The monoisotopic (exact) mass is 342 g/mol. The number of pyridine rings is 1. The number of allylic oxidation sites excluding steroid dienone is 1. The summed E-state index contributed by atoms with van der Waals surface area (Å²) in [6.45, 7) is 1.68. The number of amides is 3. The van der Waals surface area contributed by atoms with Gasteiger partial charge in [-0.05, 0) is 30.7 Å². The average Bonchev–Trinajstić information content (AvgIpc) is 2.55. The molecular formula is C17H15ClN4O2. The second-order valence-corrected chi connectivity index (χ2v) is 5.67. The molecule has 1 unspecified atom stereocenters. The van der Waals surface area contributed by atoms with Crippen molar-refractivity contribution in [2.45, 2.75) is 13.0 Å². The van der Waals surface area contributed by atoms with Crippen molar-refractivity contribution in [1.82, 2.24) is 15.6 Å². The van der Waals surface area contributed by atoms with Crippen LogP contribution in [0.4, 0.5) is 10.6 Å². The highest BCUT2D eigenvalue weighted by molar-refractivity contribution is 6.31. The minimum atomic E-state index is -0.642. The number of anilines is 1. The molecule has 2 aromatic rings. The molecule has 1 aromatic heterocycles. The maximum Gasteiger partial charge on any atom is 0.319 e. The van der Waals surface area contributed by atoms with Gasteiger partial charge >= 0.3 is 6.03 Å². The Labute approximate surface area is 143 Å². The fraction of sp³-hybridized carbons (Fsp3) is 0.118. The van der Waals surface area contributed by atoms with Gasteiger partial charge in [0.05, 0.1) is 11.6 Å². The van der Waals surface area contributed by atoms with Crippen LogP contribution in [-0.2, 0) is 4.79 Å². The van der Waals surface area contributed by atoms with E-state index in [0.717, 1.165) is 0 Å². The highest BCUT2D eigenvalue weighted by atomic mass is 35.5. The molecule has 3 rings (SSSR count). The number of hydrogen-bond donors (Lipinski definition) is 3. The minimum absolute atomic E-state index is 0.358. The van der Waals surface area contributed by atoms with Crippen molar-refractivity contribution >= 4 is 29.4 Å². The first-order chi connectivity index (χ1) is 11.6. The van der Waals surface area contributed by atoms with E-state index in [0.29, 0.717) is 27.7 Å². The first kappa shape index (κ1) is 16.0. The predicted octanol–water partition coefficient (Wildman–Crippen LogP) is 3.00. The van der Waals surface area contributed by atoms with Gasteiger partial charge in [0.25, 0.3) is 5.91 Å². The molecular weight excluding hydrogens is 328 g/mol. The van der Waals surface area contributed by atoms with E-state index in [4.69, 9.17) is 11.6 Å². The van der Waals surface area contributed by atoms with E-state index in [-0.39, 0.29) is 11.9 Å². The summed E-state index contributed by atoms with van der Waals surface area (Å²) in [6.07, 6.45) is 1.59. The Kier molecular flexibility index (Phi) is 4.48. The number of aromatic nitrogens is 1. The largest absolute Gasteiger partial charge is 0.327 e. The number of halogens is 1. The molecule has 24 heavy (non-hydrogen) atoms. The van der Waals surface area contributed by atoms with E-state index in [1.54, 1.807) is 55.6 Å². The van der Waals surface area contributed by atoms with E-state index in [1.165, 1.54) is 0 Å². The van der Waals surface area contributed by atoms with Crippen LogP contribution in [0.15, 0.2) is 59.9 Å². The fourth-order valence-electron chi connectivity index (χ4n) is 2.56. The molecule has 1 aliphatic heterocycles. The van der Waals surface area contributed by atoms with Crippen molar-refractivity contribution in [3.63, 3.8) is 0 Å². The average molecular weight is 343 g/mol. The molecule has 0 bridgehead atoms. The van der Waals surface area contributed by atoms with Crippen molar-refractivity contribution in [2.75, 3.05) is 5.32 Å². The number of nitrogens with zero attached hydrogens (tertiary/aromatic N) is 1. The van der Waals surface area contributed by atoms with Crippen LogP contribution in [0.3, 0.4) is 0 Å². The molecule has 6 nitrogen and oxygen atoms in total. The van der Waals surface area contributed by atoms with Crippen LogP contribution < -0.4 is 16.0 Å². The number of nitrogens with one attached hydrogen (secondary N) is 3. The summed E-state index contributed by atoms with van der Waals surface area (Å²) in [6, 6.07) is 11.3. The van der Waals surface area contributed by atoms with Gasteiger partial charge in [-0.1, -0.05) is 35.9 Å². The lowest BCUT2D eigenvalue weighted by molar-refractivity contribution is -0.113. The van der Waals surface area contributed by atoms with Gasteiger partial charge in [-0.3, -0.25) is 4.79 Å². The van der Waals surface area contributed by atoms with Crippen LogP contribution in [0.5, 0.6) is 0 Å². The zero-order valence-corrected chi connectivity index (χ0v) is 13.6. The highest BCUT2D eigenvalue weighted by Crippen LogP contribution is 2.31. The third-order valence-electron chi connectivity index (χ3n) is 3.64. The molecule has 0 saturated heterocycles. The fourth-order valence-corrected chi connectivity index (χ4v) is 2.80. The molecule has 3 N–H and O–H groups in total. The van der Waals surface area contributed by atoms with Gasteiger partial charge < -0.3 is 16.0 Å². The van der Waals surface area contributed by atoms with Crippen molar-refractivity contribution in [3.05, 3.63) is 70.5 Å². The maximum absolute atomic E-state index is 12.7. The smallest absolute Gasteiger partial charge is 0.319 e. The van der Waals surface area contributed by atoms with Crippen molar-refractivity contribution in [2.24, 2.45) is 0 Å². The van der Waals surface area contributed by atoms with E-state index in [1.807, 2.05) is 0 Å². The van der Waals surface area contributed by atoms with Gasteiger partial charge in [-0.25, -0.2) is 9.78 Å². The highest BCUT2D eigenvalue weighted by Gasteiger charge is 2.32. The number of carbonyl (C=O) groups excluding carboxylic acids is 2. The van der Waals surface area contributed by atoms with E-state index in [9.17, 15) is 9.59 Å². The Balaban J connectivity index is 1.98. The lowest BCUT2D eigenvalue weighted by Crippen LogP contribution is -2.46. The number of carbonyl (C=O) groups is 2. The molecule has 0 saturated carbocycles. The van der Waals surface area contributed by atoms with Crippen LogP contribution in [0.25, 0.3) is 0 Å². The number of urea groups is 1. The Hall–Kier alpha value is -2.86. The second-order valence-electron chi connectivity index (χ2n) is 5.26. The molecule has 0 aliphatic carbocycles. The molecule has 1 atom stereocenters. The van der Waals surface area contributed by atoms with Crippen LogP contribution >= 0.6 is 11.6 Å². The summed E-state index contributed by atoms with van der Waals surface area (Å²) in [5.74, 6) is 0.0706. The molecule has 2 heterocycles. The lowest BCUT2D eigenvalue weighted by Gasteiger charge is -2.29. The third-order valence-corrected chi connectivity index (χ3v) is 3.98. The molecule has 1 aliphatic rings. The van der Waals surface area contributed by atoms with Crippen LogP contribution in [0.1, 0.15) is 18.5 Å². The Bertz CT molecular complexity index is 820. The molecule has 7 heteroatoms.